The number of nitrogens with zero attached hydrogens (tertiary/aromatic N) is 2. The Balaban J connectivity index is 2.24. The van der Waals surface area contributed by atoms with Crippen molar-refractivity contribution in [2.24, 2.45) is 5.92 Å². The van der Waals surface area contributed by atoms with Crippen LogP contribution in [0.15, 0.2) is 18.2 Å². The van der Waals surface area contributed by atoms with Crippen LogP contribution < -0.4 is 0 Å². The third-order valence-corrected chi connectivity index (χ3v) is 2.97. The zero-order valence-corrected chi connectivity index (χ0v) is 8.64. The van der Waals surface area contributed by atoms with E-state index < -0.39 is 0 Å². The van der Waals surface area contributed by atoms with Crippen molar-refractivity contribution in [3.05, 3.63) is 28.2 Å². The SMILES string of the molecule is Cc1nnc(C2=CCC(C)C=C2)s1. The quantitative estimate of drug-likeness (QED) is 0.683. The third-order valence-electron chi connectivity index (χ3n) is 2.09. The number of hydrogen-bond donors (Lipinski definition) is 0. The number of allylic oxidation sites excluding steroid dienone is 4. The van der Waals surface area contributed by atoms with Crippen LogP contribution in [0, 0.1) is 12.8 Å². The molecule has 1 aliphatic carbocycles. The molecule has 13 heavy (non-hydrogen) atoms. The molecule has 0 fully saturated rings. The van der Waals surface area contributed by atoms with Gasteiger partial charge in [-0.05, 0) is 19.3 Å². The highest BCUT2D eigenvalue weighted by Crippen LogP contribution is 2.25. The average Bonchev–Trinajstić information content (AvgIpc) is 2.53. The lowest BCUT2D eigenvalue weighted by Crippen LogP contribution is -1.93. The van der Waals surface area contributed by atoms with E-state index in [-0.39, 0.29) is 0 Å². The van der Waals surface area contributed by atoms with Crippen molar-refractivity contribution in [1.29, 1.82) is 0 Å². The molecule has 0 bridgehead atoms. The summed E-state index contributed by atoms with van der Waals surface area (Å²) < 4.78 is 0. The lowest BCUT2D eigenvalue weighted by molar-refractivity contribution is 0.739. The van der Waals surface area contributed by atoms with Gasteiger partial charge < -0.3 is 0 Å². The second-order valence-electron chi connectivity index (χ2n) is 3.36. The van der Waals surface area contributed by atoms with Crippen LogP contribution in [0.1, 0.15) is 23.4 Å². The molecule has 1 aromatic heterocycles. The lowest BCUT2D eigenvalue weighted by atomic mass is 9.99. The minimum absolute atomic E-state index is 0.665. The van der Waals surface area contributed by atoms with E-state index in [2.05, 4.69) is 35.3 Å². The van der Waals surface area contributed by atoms with Gasteiger partial charge in [0.1, 0.15) is 10.0 Å². The predicted octanol–water partition coefficient (Wildman–Crippen LogP) is 2.83. The molecule has 0 saturated heterocycles. The highest BCUT2D eigenvalue weighted by atomic mass is 32.1. The van der Waals surface area contributed by atoms with E-state index in [0.29, 0.717) is 5.92 Å². The fourth-order valence-electron chi connectivity index (χ4n) is 1.30. The van der Waals surface area contributed by atoms with Gasteiger partial charge in [0.2, 0.25) is 0 Å². The van der Waals surface area contributed by atoms with Crippen molar-refractivity contribution >= 4 is 16.9 Å². The van der Waals surface area contributed by atoms with Crippen LogP contribution in [0.4, 0.5) is 0 Å². The molecule has 1 aromatic rings. The fourth-order valence-corrected chi connectivity index (χ4v) is 2.01. The summed E-state index contributed by atoms with van der Waals surface area (Å²) in [4.78, 5) is 0. The largest absolute Gasteiger partial charge is 0.147 e. The summed E-state index contributed by atoms with van der Waals surface area (Å²) in [6.45, 7) is 4.20. The molecule has 0 N–H and O–H groups in total. The molecule has 0 aliphatic heterocycles. The normalized spacial score (nSPS) is 21.7. The van der Waals surface area contributed by atoms with Crippen molar-refractivity contribution < 1.29 is 0 Å². The predicted molar refractivity (Wildman–Crippen MR) is 55.5 cm³/mol. The van der Waals surface area contributed by atoms with Gasteiger partial charge >= 0.3 is 0 Å². The Kier molecular flexibility index (Phi) is 2.27. The van der Waals surface area contributed by atoms with Gasteiger partial charge in [0, 0.05) is 5.57 Å². The number of hydrogen-bond acceptors (Lipinski definition) is 3. The van der Waals surface area contributed by atoms with Crippen molar-refractivity contribution in [2.45, 2.75) is 20.3 Å². The van der Waals surface area contributed by atoms with E-state index in [1.54, 1.807) is 11.3 Å². The number of aromatic nitrogens is 2. The highest BCUT2D eigenvalue weighted by Gasteiger charge is 2.08. The molecular weight excluding hydrogens is 180 g/mol. The van der Waals surface area contributed by atoms with E-state index in [0.717, 1.165) is 16.4 Å². The molecule has 0 radical (unpaired) electrons. The van der Waals surface area contributed by atoms with Crippen LogP contribution in [-0.4, -0.2) is 10.2 Å². The Morgan fingerprint density at radius 3 is 2.85 bits per heavy atom. The van der Waals surface area contributed by atoms with Crippen LogP contribution in [-0.2, 0) is 0 Å². The maximum atomic E-state index is 4.11. The van der Waals surface area contributed by atoms with Gasteiger partial charge in [-0.3, -0.25) is 0 Å². The van der Waals surface area contributed by atoms with Gasteiger partial charge in [-0.1, -0.05) is 36.5 Å². The maximum Gasteiger partial charge on any atom is 0.147 e. The van der Waals surface area contributed by atoms with Crippen molar-refractivity contribution in [2.75, 3.05) is 0 Å². The Morgan fingerprint density at radius 1 is 1.46 bits per heavy atom. The summed E-state index contributed by atoms with van der Waals surface area (Å²) >= 11 is 1.65. The van der Waals surface area contributed by atoms with Gasteiger partial charge in [-0.2, -0.15) is 0 Å². The molecule has 1 unspecified atom stereocenters. The highest BCUT2D eigenvalue weighted by molar-refractivity contribution is 7.12. The first-order valence-corrected chi connectivity index (χ1v) is 5.26. The molecule has 0 spiro atoms. The lowest BCUT2D eigenvalue weighted by Gasteiger charge is -2.08. The van der Waals surface area contributed by atoms with Gasteiger partial charge in [0.05, 0.1) is 0 Å². The second-order valence-corrected chi connectivity index (χ2v) is 4.54. The van der Waals surface area contributed by atoms with Gasteiger partial charge in [-0.25, -0.2) is 0 Å². The Morgan fingerprint density at radius 2 is 2.31 bits per heavy atom. The Hall–Kier alpha value is -0.960. The third kappa shape index (κ3) is 1.86. The van der Waals surface area contributed by atoms with E-state index in [4.69, 9.17) is 0 Å². The van der Waals surface area contributed by atoms with E-state index in [1.165, 1.54) is 5.57 Å². The van der Waals surface area contributed by atoms with Gasteiger partial charge in [0.25, 0.3) is 0 Å². The summed E-state index contributed by atoms with van der Waals surface area (Å²) in [5.74, 6) is 0.665. The molecule has 0 amide bonds. The van der Waals surface area contributed by atoms with Crippen molar-refractivity contribution in [3.63, 3.8) is 0 Å². The maximum absolute atomic E-state index is 4.11. The van der Waals surface area contributed by atoms with Gasteiger partial charge in [-0.15, -0.1) is 10.2 Å². The Labute approximate surface area is 82.0 Å². The summed E-state index contributed by atoms with van der Waals surface area (Å²) in [7, 11) is 0. The zero-order valence-electron chi connectivity index (χ0n) is 7.82. The molecule has 0 aromatic carbocycles. The minimum atomic E-state index is 0.665. The van der Waals surface area contributed by atoms with Crippen LogP contribution in [0.2, 0.25) is 0 Å². The molecule has 2 rings (SSSR count). The van der Waals surface area contributed by atoms with Gasteiger partial charge in [0.15, 0.2) is 0 Å². The van der Waals surface area contributed by atoms with Crippen LogP contribution in [0.3, 0.4) is 0 Å². The summed E-state index contributed by atoms with van der Waals surface area (Å²) in [6, 6.07) is 0. The first-order valence-electron chi connectivity index (χ1n) is 4.44. The molecular formula is C10H12N2S. The standard InChI is InChI=1S/C10H12N2S/c1-7-3-5-9(6-4-7)10-12-11-8(2)13-10/h3,5-7H,4H2,1-2H3. The monoisotopic (exact) mass is 192 g/mol. The van der Waals surface area contributed by atoms with E-state index in [1.807, 2.05) is 6.92 Å². The van der Waals surface area contributed by atoms with E-state index >= 15 is 0 Å². The van der Waals surface area contributed by atoms with Crippen molar-refractivity contribution in [1.82, 2.24) is 10.2 Å². The minimum Gasteiger partial charge on any atom is -0.143 e. The fraction of sp³-hybridized carbons (Fsp3) is 0.400. The molecule has 3 heteroatoms. The first kappa shape index (κ1) is 8.63. The van der Waals surface area contributed by atoms with Crippen LogP contribution in [0.25, 0.3) is 5.57 Å². The molecule has 1 heterocycles. The summed E-state index contributed by atoms with van der Waals surface area (Å²) in [5, 5.41) is 10.2. The van der Waals surface area contributed by atoms with Crippen LogP contribution in [0.5, 0.6) is 0 Å². The zero-order chi connectivity index (χ0) is 9.26. The Bertz CT molecular complexity index is 363. The molecule has 2 nitrogen and oxygen atoms in total. The molecule has 68 valence electrons. The molecule has 1 aliphatic rings. The first-order chi connectivity index (χ1) is 6.25. The summed E-state index contributed by atoms with van der Waals surface area (Å²) in [5.41, 5.74) is 1.23. The van der Waals surface area contributed by atoms with Crippen LogP contribution >= 0.6 is 11.3 Å². The molecule has 0 saturated carbocycles. The molecule has 1 atom stereocenters. The average molecular weight is 192 g/mol. The number of aryl methyl sites for hydroxylation is 1. The smallest absolute Gasteiger partial charge is 0.143 e. The topological polar surface area (TPSA) is 25.8 Å². The number of rotatable bonds is 1. The second kappa shape index (κ2) is 3.42. The van der Waals surface area contributed by atoms with Crippen molar-refractivity contribution in [3.8, 4) is 0 Å². The summed E-state index contributed by atoms with van der Waals surface area (Å²) in [6.07, 6.45) is 7.73. The van der Waals surface area contributed by atoms with E-state index in [9.17, 15) is 0 Å².